The Morgan fingerprint density at radius 3 is 2.78 bits per heavy atom. The van der Waals surface area contributed by atoms with E-state index in [2.05, 4.69) is 32.0 Å². The van der Waals surface area contributed by atoms with E-state index in [1.54, 1.807) is 18.3 Å². The third-order valence-corrected chi connectivity index (χ3v) is 5.03. The van der Waals surface area contributed by atoms with Crippen molar-refractivity contribution >= 4 is 0 Å². The van der Waals surface area contributed by atoms with E-state index in [0.717, 1.165) is 5.75 Å². The molecule has 0 N–H and O–H groups in total. The van der Waals surface area contributed by atoms with Gasteiger partial charge < -0.3 is 9.47 Å². The zero-order valence-electron chi connectivity index (χ0n) is 11.1. The van der Waals surface area contributed by atoms with E-state index in [1.165, 1.54) is 17.5 Å². The molecule has 2 heteroatoms. The summed E-state index contributed by atoms with van der Waals surface area (Å²) in [4.78, 5) is 0. The van der Waals surface area contributed by atoms with Gasteiger partial charge in [0.05, 0.1) is 19.3 Å². The molecule has 2 nitrogen and oxygen atoms in total. The fourth-order valence-electron chi connectivity index (χ4n) is 4.30. The normalized spacial score (nSPS) is 35.3. The zero-order valence-corrected chi connectivity index (χ0v) is 11.1. The number of ether oxygens (including phenoxy) is 2. The maximum atomic E-state index is 6.25. The summed E-state index contributed by atoms with van der Waals surface area (Å²) in [6, 6.07) is 6.34. The summed E-state index contributed by atoms with van der Waals surface area (Å²) in [6.07, 6.45) is 1.68. The molecule has 1 aromatic carbocycles. The van der Waals surface area contributed by atoms with Crippen LogP contribution in [-0.2, 0) is 4.74 Å². The Morgan fingerprint density at radius 1 is 1.22 bits per heavy atom. The van der Waals surface area contributed by atoms with Crippen LogP contribution in [0.25, 0.3) is 0 Å². The average molecular weight is 242 g/mol. The van der Waals surface area contributed by atoms with Gasteiger partial charge in [-0.2, -0.15) is 0 Å². The summed E-state index contributed by atoms with van der Waals surface area (Å²) in [6.45, 7) is 4.53. The van der Waals surface area contributed by atoms with Crippen LogP contribution in [0.4, 0.5) is 0 Å². The van der Waals surface area contributed by atoms with Crippen molar-refractivity contribution in [1.82, 2.24) is 0 Å². The highest BCUT2D eigenvalue weighted by Gasteiger charge is 2.59. The largest absolute Gasteiger partial charge is 0.496 e. The van der Waals surface area contributed by atoms with E-state index >= 15 is 0 Å². The minimum Gasteiger partial charge on any atom is -0.496 e. The highest BCUT2D eigenvalue weighted by atomic mass is 16.5. The third-order valence-electron chi connectivity index (χ3n) is 5.03. The molecule has 2 heterocycles. The average Bonchev–Trinajstić information content (AvgIpc) is 2.91. The second kappa shape index (κ2) is 3.39. The summed E-state index contributed by atoms with van der Waals surface area (Å²) < 4.78 is 11.8. The first-order valence-electron chi connectivity index (χ1n) is 6.79. The monoisotopic (exact) mass is 242 g/mol. The van der Waals surface area contributed by atoms with Crippen molar-refractivity contribution in [3.05, 3.63) is 40.5 Å². The van der Waals surface area contributed by atoms with E-state index in [4.69, 9.17) is 9.47 Å². The maximum Gasteiger partial charge on any atom is 0.125 e. The van der Waals surface area contributed by atoms with Gasteiger partial charge in [-0.05, 0) is 25.0 Å². The van der Waals surface area contributed by atoms with Crippen LogP contribution >= 0.6 is 0 Å². The van der Waals surface area contributed by atoms with Crippen LogP contribution in [0.2, 0.25) is 0 Å². The highest BCUT2D eigenvalue weighted by Crippen LogP contribution is 2.68. The second-order valence-corrected chi connectivity index (χ2v) is 5.55. The summed E-state index contributed by atoms with van der Waals surface area (Å²) >= 11 is 0. The van der Waals surface area contributed by atoms with Gasteiger partial charge >= 0.3 is 0 Å². The van der Waals surface area contributed by atoms with Crippen molar-refractivity contribution in [1.29, 1.82) is 0 Å². The second-order valence-electron chi connectivity index (χ2n) is 5.55. The molecule has 1 aliphatic carbocycles. The van der Waals surface area contributed by atoms with Crippen molar-refractivity contribution in [3.8, 4) is 5.75 Å². The number of hydrogen-bond acceptors (Lipinski definition) is 2. The van der Waals surface area contributed by atoms with Crippen LogP contribution in [0.15, 0.2) is 29.3 Å². The summed E-state index contributed by atoms with van der Waals surface area (Å²) in [5.74, 6) is 2.24. The predicted octanol–water partition coefficient (Wildman–Crippen LogP) is 3.79. The first-order valence-corrected chi connectivity index (χ1v) is 6.79. The van der Waals surface area contributed by atoms with Crippen LogP contribution in [0, 0.1) is 11.8 Å². The Bertz CT molecular complexity index is 558. The third kappa shape index (κ3) is 0.997. The summed E-state index contributed by atoms with van der Waals surface area (Å²) in [5, 5.41) is 0. The zero-order chi connectivity index (χ0) is 12.4. The smallest absolute Gasteiger partial charge is 0.125 e. The highest BCUT2D eigenvalue weighted by molar-refractivity contribution is 5.54. The Kier molecular flexibility index (Phi) is 2.00. The quantitative estimate of drug-likeness (QED) is 0.734. The van der Waals surface area contributed by atoms with E-state index in [1.807, 2.05) is 0 Å². The van der Waals surface area contributed by atoms with Crippen LogP contribution in [0.5, 0.6) is 5.75 Å². The van der Waals surface area contributed by atoms with E-state index in [-0.39, 0.29) is 12.2 Å². The lowest BCUT2D eigenvalue weighted by Crippen LogP contribution is -2.33. The molecule has 1 fully saturated rings. The molecule has 0 radical (unpaired) electrons. The molecule has 0 saturated carbocycles. The molecular formula is C16H18O2. The lowest BCUT2D eigenvalue weighted by atomic mass is 9.60. The number of benzene rings is 1. The van der Waals surface area contributed by atoms with Gasteiger partial charge in [-0.15, -0.1) is 0 Å². The maximum absolute atomic E-state index is 6.25. The molecule has 4 rings (SSSR count). The molecule has 18 heavy (non-hydrogen) atoms. The molecule has 0 amide bonds. The number of hydrogen-bond donors (Lipinski definition) is 0. The SMILES string of the molecule is CCC1=C(C)[C@H]2[C@@H]1[C@H]1O[C@@H]2c2c(OC)cccc21. The Labute approximate surface area is 108 Å². The predicted molar refractivity (Wildman–Crippen MR) is 69.5 cm³/mol. The first kappa shape index (κ1) is 10.6. The molecule has 1 aromatic rings. The topological polar surface area (TPSA) is 18.5 Å². The standard InChI is InChI=1S/C16H18O2/c1-4-9-8(2)12-14(9)15-10-6-5-7-11(17-3)13(10)16(12)18-15/h5-7,12,14-16H,4H2,1-3H3/t12-,14+,15-,16-/m0/s1. The summed E-state index contributed by atoms with van der Waals surface area (Å²) in [7, 11) is 1.75. The van der Waals surface area contributed by atoms with Crippen molar-refractivity contribution in [2.24, 2.45) is 11.8 Å². The molecule has 0 aromatic heterocycles. The van der Waals surface area contributed by atoms with Gasteiger partial charge in [0.15, 0.2) is 0 Å². The minimum atomic E-state index is 0.237. The fourth-order valence-corrected chi connectivity index (χ4v) is 4.30. The number of fused-ring (bicyclic) bond motifs is 8. The lowest BCUT2D eigenvalue weighted by Gasteiger charge is -2.42. The molecule has 3 aliphatic rings. The molecular weight excluding hydrogens is 224 g/mol. The van der Waals surface area contributed by atoms with Gasteiger partial charge in [-0.1, -0.05) is 30.2 Å². The van der Waals surface area contributed by atoms with Crippen LogP contribution < -0.4 is 4.74 Å². The molecule has 1 saturated heterocycles. The lowest BCUT2D eigenvalue weighted by molar-refractivity contribution is 0.0605. The van der Waals surface area contributed by atoms with Gasteiger partial charge in [0, 0.05) is 17.4 Å². The van der Waals surface area contributed by atoms with Crippen LogP contribution in [-0.4, -0.2) is 7.11 Å². The van der Waals surface area contributed by atoms with Crippen molar-refractivity contribution in [3.63, 3.8) is 0 Å². The van der Waals surface area contributed by atoms with Crippen molar-refractivity contribution in [2.75, 3.05) is 7.11 Å². The molecule has 2 bridgehead atoms. The Balaban J connectivity index is 1.85. The van der Waals surface area contributed by atoms with Gasteiger partial charge in [0.1, 0.15) is 5.75 Å². The number of rotatable bonds is 2. The van der Waals surface area contributed by atoms with Crippen LogP contribution in [0.1, 0.15) is 43.6 Å². The van der Waals surface area contributed by atoms with E-state index < -0.39 is 0 Å². The molecule has 94 valence electrons. The van der Waals surface area contributed by atoms with Crippen molar-refractivity contribution in [2.45, 2.75) is 32.5 Å². The fraction of sp³-hybridized carbons (Fsp3) is 0.500. The molecule has 0 spiro atoms. The first-order chi connectivity index (χ1) is 8.77. The minimum absolute atomic E-state index is 0.237. The van der Waals surface area contributed by atoms with Gasteiger partial charge in [0.2, 0.25) is 0 Å². The summed E-state index contributed by atoms with van der Waals surface area (Å²) in [5.41, 5.74) is 5.85. The molecule has 0 unspecified atom stereocenters. The molecule has 4 atom stereocenters. The van der Waals surface area contributed by atoms with Crippen molar-refractivity contribution < 1.29 is 9.47 Å². The van der Waals surface area contributed by atoms with Gasteiger partial charge in [-0.3, -0.25) is 0 Å². The van der Waals surface area contributed by atoms with E-state index in [9.17, 15) is 0 Å². The Morgan fingerprint density at radius 2 is 2.06 bits per heavy atom. The van der Waals surface area contributed by atoms with E-state index in [0.29, 0.717) is 11.8 Å². The number of methoxy groups -OCH3 is 1. The van der Waals surface area contributed by atoms with Crippen LogP contribution in [0.3, 0.4) is 0 Å². The van der Waals surface area contributed by atoms with Gasteiger partial charge in [-0.25, -0.2) is 0 Å². The Hall–Kier alpha value is -1.28. The molecule has 2 aliphatic heterocycles. The van der Waals surface area contributed by atoms with Gasteiger partial charge in [0.25, 0.3) is 0 Å².